The third-order valence-electron chi connectivity index (χ3n) is 5.01. The number of amides is 2. The molecule has 1 fully saturated rings. The maximum Gasteiger partial charge on any atom is 0.293 e. The van der Waals surface area contributed by atoms with Gasteiger partial charge in [0, 0.05) is 10.0 Å². The topological polar surface area (TPSA) is 63.7 Å². The summed E-state index contributed by atoms with van der Waals surface area (Å²) in [5.41, 5.74) is 3.48. The summed E-state index contributed by atoms with van der Waals surface area (Å²) in [6, 6.07) is 22.2. The number of rotatable bonds is 7. The van der Waals surface area contributed by atoms with Crippen LogP contribution in [0.3, 0.4) is 0 Å². The lowest BCUT2D eigenvalue weighted by Gasteiger charge is -2.11. The van der Waals surface area contributed by atoms with Crippen molar-refractivity contribution in [1.29, 1.82) is 0 Å². The van der Waals surface area contributed by atoms with Crippen LogP contribution in [0.1, 0.15) is 27.0 Å². The van der Waals surface area contributed by atoms with Crippen LogP contribution in [0, 0.1) is 6.92 Å². The summed E-state index contributed by atoms with van der Waals surface area (Å²) in [6.45, 7) is 2.22. The molecule has 0 aromatic heterocycles. The molecule has 0 spiro atoms. The highest BCUT2D eigenvalue weighted by Crippen LogP contribution is 2.32. The number of carbonyl (C=O) groups is 3. The van der Waals surface area contributed by atoms with Crippen molar-refractivity contribution in [2.24, 2.45) is 0 Å². The molecule has 0 bridgehead atoms. The number of benzene rings is 3. The second-order valence-electron chi connectivity index (χ2n) is 7.54. The number of thioether (sulfide) groups is 1. The second kappa shape index (κ2) is 10.2. The van der Waals surface area contributed by atoms with Crippen molar-refractivity contribution in [3.8, 4) is 5.75 Å². The van der Waals surface area contributed by atoms with Gasteiger partial charge in [-0.25, -0.2) is 0 Å². The van der Waals surface area contributed by atoms with Crippen molar-refractivity contribution in [2.75, 3.05) is 6.54 Å². The van der Waals surface area contributed by atoms with Crippen molar-refractivity contribution in [1.82, 2.24) is 4.90 Å². The average molecular weight is 522 g/mol. The maximum absolute atomic E-state index is 12.7. The van der Waals surface area contributed by atoms with Crippen molar-refractivity contribution < 1.29 is 19.1 Å². The fourth-order valence-electron chi connectivity index (χ4n) is 3.29. The molecule has 0 N–H and O–H groups in total. The standard InChI is InChI=1S/C26H20BrNO4S/c1-17-3-2-4-19(13-17)16-32-22-11-5-18(6-12-22)14-24-25(30)28(26(31)33-24)15-23(29)20-7-9-21(27)10-8-20/h2-14H,15-16H2,1H3/b24-14+. The lowest BCUT2D eigenvalue weighted by molar-refractivity contribution is -0.122. The molecule has 4 rings (SSSR count). The van der Waals surface area contributed by atoms with Gasteiger partial charge >= 0.3 is 0 Å². The van der Waals surface area contributed by atoms with Gasteiger partial charge in [0.2, 0.25) is 0 Å². The number of Topliss-reactive ketones (excluding diaryl/α,β-unsaturated/α-hetero) is 1. The predicted octanol–water partition coefficient (Wildman–Crippen LogP) is 6.26. The highest BCUT2D eigenvalue weighted by atomic mass is 79.9. The van der Waals surface area contributed by atoms with Gasteiger partial charge in [-0.1, -0.05) is 70.0 Å². The van der Waals surface area contributed by atoms with E-state index in [9.17, 15) is 14.4 Å². The molecule has 33 heavy (non-hydrogen) atoms. The average Bonchev–Trinajstić information content (AvgIpc) is 3.06. The van der Waals surface area contributed by atoms with Gasteiger partial charge in [0.25, 0.3) is 11.1 Å². The third-order valence-corrected chi connectivity index (χ3v) is 6.44. The predicted molar refractivity (Wildman–Crippen MR) is 133 cm³/mol. The van der Waals surface area contributed by atoms with E-state index in [4.69, 9.17) is 4.74 Å². The van der Waals surface area contributed by atoms with Crippen LogP contribution in [0.5, 0.6) is 5.75 Å². The fourth-order valence-corrected chi connectivity index (χ4v) is 4.39. The van der Waals surface area contributed by atoms with Gasteiger partial charge in [0.15, 0.2) is 5.78 Å². The van der Waals surface area contributed by atoms with Crippen LogP contribution in [0.4, 0.5) is 4.79 Å². The SMILES string of the molecule is Cc1cccc(COc2ccc(/C=C3/SC(=O)N(CC(=O)c4ccc(Br)cc4)C3=O)cc2)c1. The highest BCUT2D eigenvalue weighted by molar-refractivity contribution is 9.10. The molecule has 7 heteroatoms. The molecular formula is C26H20BrNO4S. The number of imide groups is 1. The molecular weight excluding hydrogens is 502 g/mol. The number of aryl methyl sites for hydroxylation is 1. The van der Waals surface area contributed by atoms with E-state index < -0.39 is 11.1 Å². The summed E-state index contributed by atoms with van der Waals surface area (Å²) in [5, 5.41) is -0.449. The molecule has 1 saturated heterocycles. The van der Waals surface area contributed by atoms with Crippen LogP contribution in [0.15, 0.2) is 82.2 Å². The lowest BCUT2D eigenvalue weighted by Crippen LogP contribution is -2.33. The highest BCUT2D eigenvalue weighted by Gasteiger charge is 2.36. The normalized spacial score (nSPS) is 14.7. The number of hydrogen-bond donors (Lipinski definition) is 0. The molecule has 0 saturated carbocycles. The van der Waals surface area contributed by atoms with Crippen molar-refractivity contribution in [3.05, 3.63) is 104 Å². The number of hydrogen-bond acceptors (Lipinski definition) is 5. The Morgan fingerprint density at radius 3 is 2.45 bits per heavy atom. The molecule has 0 atom stereocenters. The Balaban J connectivity index is 1.39. The third kappa shape index (κ3) is 5.80. The van der Waals surface area contributed by atoms with E-state index in [1.807, 2.05) is 49.4 Å². The van der Waals surface area contributed by atoms with Gasteiger partial charge in [0.1, 0.15) is 12.4 Å². The molecule has 1 aliphatic rings. The van der Waals surface area contributed by atoms with Crippen LogP contribution >= 0.6 is 27.7 Å². The molecule has 3 aromatic rings. The summed E-state index contributed by atoms with van der Waals surface area (Å²) in [6.07, 6.45) is 1.65. The van der Waals surface area contributed by atoms with Gasteiger partial charge in [-0.3, -0.25) is 19.3 Å². The lowest BCUT2D eigenvalue weighted by atomic mass is 10.1. The first-order valence-corrected chi connectivity index (χ1v) is 11.8. The van der Waals surface area contributed by atoms with Crippen molar-refractivity contribution >= 4 is 50.7 Å². The summed E-state index contributed by atoms with van der Waals surface area (Å²) < 4.78 is 6.67. The minimum atomic E-state index is -0.463. The molecule has 0 unspecified atom stereocenters. The second-order valence-corrected chi connectivity index (χ2v) is 9.45. The molecule has 3 aromatic carbocycles. The first kappa shape index (κ1) is 23.0. The van der Waals surface area contributed by atoms with Gasteiger partial charge in [-0.15, -0.1) is 0 Å². The Labute approximate surface area is 204 Å². The van der Waals surface area contributed by atoms with Gasteiger partial charge in [-0.05, 0) is 60.2 Å². The summed E-state index contributed by atoms with van der Waals surface area (Å²) in [7, 11) is 0. The number of carbonyl (C=O) groups excluding carboxylic acids is 3. The van der Waals surface area contributed by atoms with E-state index in [-0.39, 0.29) is 17.2 Å². The maximum atomic E-state index is 12.7. The van der Waals surface area contributed by atoms with Gasteiger partial charge in [-0.2, -0.15) is 0 Å². The van der Waals surface area contributed by atoms with E-state index in [0.29, 0.717) is 17.9 Å². The van der Waals surface area contributed by atoms with Crippen molar-refractivity contribution in [3.63, 3.8) is 0 Å². The fraction of sp³-hybridized carbons (Fsp3) is 0.115. The zero-order chi connectivity index (χ0) is 23.4. The van der Waals surface area contributed by atoms with E-state index in [2.05, 4.69) is 22.0 Å². The van der Waals surface area contributed by atoms with Crippen LogP contribution < -0.4 is 4.74 Å². The van der Waals surface area contributed by atoms with E-state index in [1.165, 1.54) is 5.56 Å². The minimum absolute atomic E-state index is 0.282. The minimum Gasteiger partial charge on any atom is -0.489 e. The zero-order valence-electron chi connectivity index (χ0n) is 17.8. The summed E-state index contributed by atoms with van der Waals surface area (Å²) >= 11 is 4.16. The van der Waals surface area contributed by atoms with E-state index >= 15 is 0 Å². The molecule has 0 radical (unpaired) electrons. The van der Waals surface area contributed by atoms with Gasteiger partial charge in [0.05, 0.1) is 11.4 Å². The molecule has 1 heterocycles. The molecule has 166 valence electrons. The summed E-state index contributed by atoms with van der Waals surface area (Å²) in [5.74, 6) is -0.0433. The van der Waals surface area contributed by atoms with Crippen LogP contribution in [-0.4, -0.2) is 28.4 Å². The molecule has 5 nitrogen and oxygen atoms in total. The molecule has 1 aliphatic heterocycles. The Morgan fingerprint density at radius 1 is 1.03 bits per heavy atom. The monoisotopic (exact) mass is 521 g/mol. The quantitative estimate of drug-likeness (QED) is 0.271. The number of halogens is 1. The largest absolute Gasteiger partial charge is 0.489 e. The molecule has 2 amide bonds. The van der Waals surface area contributed by atoms with Crippen LogP contribution in [0.2, 0.25) is 0 Å². The van der Waals surface area contributed by atoms with Crippen molar-refractivity contribution in [2.45, 2.75) is 13.5 Å². The first-order valence-electron chi connectivity index (χ1n) is 10.2. The van der Waals surface area contributed by atoms with E-state index in [0.717, 1.165) is 32.3 Å². The smallest absolute Gasteiger partial charge is 0.293 e. The van der Waals surface area contributed by atoms with Crippen LogP contribution in [-0.2, 0) is 11.4 Å². The Morgan fingerprint density at radius 2 is 1.76 bits per heavy atom. The van der Waals surface area contributed by atoms with Crippen LogP contribution in [0.25, 0.3) is 6.08 Å². The number of nitrogens with zero attached hydrogens (tertiary/aromatic N) is 1. The Kier molecular flexibility index (Phi) is 7.11. The molecule has 0 aliphatic carbocycles. The number of ketones is 1. The summed E-state index contributed by atoms with van der Waals surface area (Å²) in [4.78, 5) is 38.8. The number of ether oxygens (including phenoxy) is 1. The Bertz CT molecular complexity index is 1240. The zero-order valence-corrected chi connectivity index (χ0v) is 20.2. The first-order chi connectivity index (χ1) is 15.9. The Hall–Kier alpha value is -3.16. The van der Waals surface area contributed by atoms with E-state index in [1.54, 1.807) is 30.3 Å². The van der Waals surface area contributed by atoms with Gasteiger partial charge < -0.3 is 4.74 Å².